The Labute approximate surface area is 171 Å². The molecular weight excluding hydrogens is 378 g/mol. The van der Waals surface area contributed by atoms with Gasteiger partial charge in [-0.05, 0) is 13.8 Å². The third-order valence-corrected chi connectivity index (χ3v) is 5.43. The van der Waals surface area contributed by atoms with Gasteiger partial charge in [0.1, 0.15) is 0 Å². The molecule has 0 aromatic heterocycles. The Kier molecular flexibility index (Phi) is 7.45. The summed E-state index contributed by atoms with van der Waals surface area (Å²) in [5, 5.41) is 5.46. The van der Waals surface area contributed by atoms with Crippen LogP contribution in [0.15, 0.2) is 11.3 Å². The van der Waals surface area contributed by atoms with E-state index in [-0.39, 0.29) is 18.5 Å². The zero-order valence-corrected chi connectivity index (χ0v) is 17.2. The Bertz CT molecular complexity index is 653. The van der Waals surface area contributed by atoms with Crippen molar-refractivity contribution in [3.63, 3.8) is 0 Å². The largest absolute Gasteiger partial charge is 0.463 e. The van der Waals surface area contributed by atoms with Gasteiger partial charge in [0.05, 0.1) is 38.0 Å². The summed E-state index contributed by atoms with van der Waals surface area (Å²) in [5.74, 6) is -0.274. The lowest BCUT2D eigenvalue weighted by molar-refractivity contribution is -0.139. The van der Waals surface area contributed by atoms with Gasteiger partial charge in [-0.3, -0.25) is 14.6 Å². The number of piperazine rings is 1. The van der Waals surface area contributed by atoms with E-state index in [0.717, 1.165) is 13.1 Å². The van der Waals surface area contributed by atoms with Gasteiger partial charge in [-0.1, -0.05) is 0 Å². The summed E-state index contributed by atoms with van der Waals surface area (Å²) < 4.78 is 10.5. The number of nitrogens with zero attached hydrogens (tertiary/aromatic N) is 3. The van der Waals surface area contributed by atoms with Crippen molar-refractivity contribution in [3.8, 4) is 0 Å². The summed E-state index contributed by atoms with van der Waals surface area (Å²) >= 11 is 0. The van der Waals surface area contributed by atoms with E-state index in [4.69, 9.17) is 9.47 Å². The highest BCUT2D eigenvalue weighted by atomic mass is 16.5. The summed E-state index contributed by atoms with van der Waals surface area (Å²) in [4.78, 5) is 42.9. The number of hydrogen-bond acceptors (Lipinski definition) is 7. The lowest BCUT2D eigenvalue weighted by atomic mass is 10.0. The lowest BCUT2D eigenvalue weighted by Gasteiger charge is -2.37. The maximum absolute atomic E-state index is 12.6. The second-order valence-corrected chi connectivity index (χ2v) is 7.48. The topological polar surface area (TPSA) is 103 Å². The molecule has 0 aromatic carbocycles. The number of morpholine rings is 1. The molecule has 3 heterocycles. The molecule has 0 saturated carbocycles. The normalized spacial score (nSPS) is 24.1. The van der Waals surface area contributed by atoms with Gasteiger partial charge in [0.2, 0.25) is 5.91 Å². The van der Waals surface area contributed by atoms with Crippen molar-refractivity contribution >= 4 is 17.9 Å². The Hall–Kier alpha value is -2.17. The van der Waals surface area contributed by atoms with Crippen LogP contribution in [-0.4, -0.2) is 111 Å². The average Bonchev–Trinajstić information content (AvgIpc) is 2.69. The minimum atomic E-state index is -0.415. The first-order valence-corrected chi connectivity index (χ1v) is 10.3. The van der Waals surface area contributed by atoms with Crippen LogP contribution >= 0.6 is 0 Å². The molecule has 29 heavy (non-hydrogen) atoms. The first kappa shape index (κ1) is 21.5. The predicted molar refractivity (Wildman–Crippen MR) is 105 cm³/mol. The SMILES string of the molecule is CCOC(=O)C1=C(CN2CCN(C(=O)CN3CCOCC3)CC2)NC(=O)NC1C. The van der Waals surface area contributed by atoms with Gasteiger partial charge < -0.3 is 25.0 Å². The molecule has 162 valence electrons. The van der Waals surface area contributed by atoms with Gasteiger partial charge in [0.15, 0.2) is 0 Å². The van der Waals surface area contributed by atoms with E-state index in [0.29, 0.717) is 63.8 Å². The van der Waals surface area contributed by atoms with Crippen LogP contribution in [0.2, 0.25) is 0 Å². The summed E-state index contributed by atoms with van der Waals surface area (Å²) in [6, 6.07) is -0.728. The zero-order chi connectivity index (χ0) is 20.8. The maximum atomic E-state index is 12.6. The Morgan fingerprint density at radius 3 is 2.45 bits per heavy atom. The van der Waals surface area contributed by atoms with Crippen LogP contribution in [0.25, 0.3) is 0 Å². The first-order chi connectivity index (χ1) is 14.0. The minimum Gasteiger partial charge on any atom is -0.463 e. The molecule has 0 spiro atoms. The number of esters is 1. The van der Waals surface area contributed by atoms with Crippen molar-refractivity contribution in [1.29, 1.82) is 0 Å². The molecule has 1 atom stereocenters. The van der Waals surface area contributed by atoms with Crippen molar-refractivity contribution < 1.29 is 23.9 Å². The number of rotatable bonds is 6. The smallest absolute Gasteiger partial charge is 0.337 e. The molecule has 2 N–H and O–H groups in total. The quantitative estimate of drug-likeness (QED) is 0.542. The van der Waals surface area contributed by atoms with Crippen molar-refractivity contribution in [2.45, 2.75) is 19.9 Å². The van der Waals surface area contributed by atoms with E-state index < -0.39 is 12.0 Å². The van der Waals surface area contributed by atoms with Crippen LogP contribution in [0.5, 0.6) is 0 Å². The Morgan fingerprint density at radius 2 is 1.79 bits per heavy atom. The van der Waals surface area contributed by atoms with Crippen molar-refractivity contribution in [1.82, 2.24) is 25.3 Å². The Morgan fingerprint density at radius 1 is 1.10 bits per heavy atom. The van der Waals surface area contributed by atoms with E-state index in [1.54, 1.807) is 13.8 Å². The standard InChI is InChI=1S/C19H31N5O5/c1-3-29-18(26)17-14(2)20-19(27)21-15(17)12-22-4-6-24(7-5-22)16(25)13-23-8-10-28-11-9-23/h14H,3-13H2,1-2H3,(H2,20,21,27). The second kappa shape index (κ2) is 10.0. The fraction of sp³-hybridized carbons (Fsp3) is 0.737. The van der Waals surface area contributed by atoms with E-state index in [9.17, 15) is 14.4 Å². The number of carbonyl (C=O) groups is 3. The molecule has 3 rings (SSSR count). The summed E-state index contributed by atoms with van der Waals surface area (Å²) in [7, 11) is 0. The number of urea groups is 1. The van der Waals surface area contributed by atoms with E-state index in [1.165, 1.54) is 0 Å². The highest BCUT2D eigenvalue weighted by molar-refractivity contribution is 5.94. The van der Waals surface area contributed by atoms with Crippen LogP contribution in [0.3, 0.4) is 0 Å². The molecule has 10 nitrogen and oxygen atoms in total. The van der Waals surface area contributed by atoms with Crippen molar-refractivity contribution in [2.75, 3.05) is 72.2 Å². The molecule has 3 amide bonds. The van der Waals surface area contributed by atoms with Gasteiger partial charge in [-0.2, -0.15) is 0 Å². The Balaban J connectivity index is 1.55. The summed E-state index contributed by atoms with van der Waals surface area (Å²) in [5.41, 5.74) is 1.03. The van der Waals surface area contributed by atoms with Gasteiger partial charge in [0.25, 0.3) is 0 Å². The van der Waals surface area contributed by atoms with Gasteiger partial charge in [0, 0.05) is 51.5 Å². The predicted octanol–water partition coefficient (Wildman–Crippen LogP) is -1.02. The second-order valence-electron chi connectivity index (χ2n) is 7.48. The molecule has 2 saturated heterocycles. The zero-order valence-electron chi connectivity index (χ0n) is 17.2. The summed E-state index contributed by atoms with van der Waals surface area (Å²) in [6.07, 6.45) is 0. The van der Waals surface area contributed by atoms with E-state index >= 15 is 0 Å². The van der Waals surface area contributed by atoms with E-state index in [1.807, 2.05) is 4.90 Å². The lowest BCUT2D eigenvalue weighted by Crippen LogP contribution is -2.55. The minimum absolute atomic E-state index is 0.141. The fourth-order valence-corrected chi connectivity index (χ4v) is 3.83. The first-order valence-electron chi connectivity index (χ1n) is 10.3. The molecule has 3 aliphatic rings. The molecule has 10 heteroatoms. The van der Waals surface area contributed by atoms with Gasteiger partial charge in [-0.15, -0.1) is 0 Å². The van der Waals surface area contributed by atoms with Crippen molar-refractivity contribution in [2.24, 2.45) is 0 Å². The molecule has 0 aliphatic carbocycles. The van der Waals surface area contributed by atoms with Crippen LogP contribution in [0.4, 0.5) is 4.79 Å². The average molecular weight is 409 g/mol. The number of hydrogen-bond donors (Lipinski definition) is 2. The van der Waals surface area contributed by atoms with Gasteiger partial charge in [-0.25, -0.2) is 9.59 Å². The molecular formula is C19H31N5O5. The van der Waals surface area contributed by atoms with E-state index in [2.05, 4.69) is 20.4 Å². The fourth-order valence-electron chi connectivity index (χ4n) is 3.83. The highest BCUT2D eigenvalue weighted by Gasteiger charge is 2.31. The third-order valence-electron chi connectivity index (χ3n) is 5.43. The highest BCUT2D eigenvalue weighted by Crippen LogP contribution is 2.16. The third kappa shape index (κ3) is 5.68. The van der Waals surface area contributed by atoms with Crippen LogP contribution in [0, 0.1) is 0 Å². The number of amides is 3. The number of nitrogens with one attached hydrogen (secondary N) is 2. The van der Waals surface area contributed by atoms with Crippen LogP contribution in [-0.2, 0) is 19.1 Å². The number of ether oxygens (including phenoxy) is 2. The molecule has 0 aromatic rings. The molecule has 3 aliphatic heterocycles. The molecule has 0 radical (unpaired) electrons. The van der Waals surface area contributed by atoms with Gasteiger partial charge >= 0.3 is 12.0 Å². The molecule has 2 fully saturated rings. The number of carbonyl (C=O) groups excluding carboxylic acids is 3. The summed E-state index contributed by atoms with van der Waals surface area (Å²) in [6.45, 7) is 10.3. The monoisotopic (exact) mass is 409 g/mol. The van der Waals surface area contributed by atoms with Crippen LogP contribution in [0.1, 0.15) is 13.8 Å². The van der Waals surface area contributed by atoms with Crippen molar-refractivity contribution in [3.05, 3.63) is 11.3 Å². The molecule has 1 unspecified atom stereocenters. The maximum Gasteiger partial charge on any atom is 0.337 e. The van der Waals surface area contributed by atoms with Crippen LogP contribution < -0.4 is 10.6 Å². The molecule has 0 bridgehead atoms.